The standard InChI is InChI=1S/C48H62N6O11/c1-48(2,47(60)61)31-40(49-3)30-35-12-16-39(17-13-35)53-45(58)33-52-44(57)32-51-43(56)20-22-62-24-26-64-28-29-65-27-25-63-23-21-50-42(55)18-19-46(59)54-34-38-10-5-4-8-36(38)14-15-37-9-6-7-11-41(37)54/h4-13,16-17,40,49H,18-34H2,1-3H3,(H,50,55)(H,51,56)(H,52,57)(H,53,58)(H,60,61). The van der Waals surface area contributed by atoms with E-state index in [0.29, 0.717) is 71.3 Å². The van der Waals surface area contributed by atoms with Crippen LogP contribution in [0.2, 0.25) is 0 Å². The summed E-state index contributed by atoms with van der Waals surface area (Å²) < 4.78 is 21.9. The van der Waals surface area contributed by atoms with Gasteiger partial charge in [0.1, 0.15) is 0 Å². The number of carboxylic acid groups (broad SMARTS) is 1. The molecular weight excluding hydrogens is 837 g/mol. The summed E-state index contributed by atoms with van der Waals surface area (Å²) in [6.07, 6.45) is 1.22. The Balaban J connectivity index is 0.924. The highest BCUT2D eigenvalue weighted by Crippen LogP contribution is 2.27. The number of hydrogen-bond donors (Lipinski definition) is 6. The van der Waals surface area contributed by atoms with Crippen LogP contribution >= 0.6 is 0 Å². The van der Waals surface area contributed by atoms with E-state index in [1.807, 2.05) is 60.7 Å². The second-order valence-corrected chi connectivity index (χ2v) is 15.8. The lowest BCUT2D eigenvalue weighted by atomic mass is 9.84. The van der Waals surface area contributed by atoms with Crippen LogP contribution in [0.4, 0.5) is 11.4 Å². The molecule has 1 unspecified atom stereocenters. The highest BCUT2D eigenvalue weighted by molar-refractivity contribution is 5.97. The lowest BCUT2D eigenvalue weighted by Crippen LogP contribution is -2.40. The van der Waals surface area contributed by atoms with Gasteiger partial charge in [0.25, 0.3) is 0 Å². The van der Waals surface area contributed by atoms with Gasteiger partial charge in [0, 0.05) is 48.7 Å². The van der Waals surface area contributed by atoms with Gasteiger partial charge in [-0.25, -0.2) is 0 Å². The molecule has 0 aliphatic carbocycles. The molecule has 0 saturated carbocycles. The lowest BCUT2D eigenvalue weighted by molar-refractivity contribution is -0.147. The summed E-state index contributed by atoms with van der Waals surface area (Å²) in [4.78, 5) is 75.5. The number of anilines is 2. The van der Waals surface area contributed by atoms with Crippen LogP contribution in [0.1, 0.15) is 61.8 Å². The van der Waals surface area contributed by atoms with Crippen molar-refractivity contribution in [3.63, 3.8) is 0 Å². The molecule has 0 saturated heterocycles. The predicted octanol–water partition coefficient (Wildman–Crippen LogP) is 2.79. The Morgan fingerprint density at radius 3 is 1.91 bits per heavy atom. The number of amides is 5. The molecule has 6 N–H and O–H groups in total. The van der Waals surface area contributed by atoms with E-state index in [2.05, 4.69) is 38.4 Å². The van der Waals surface area contributed by atoms with Gasteiger partial charge in [-0.05, 0) is 75.2 Å². The number of para-hydroxylation sites is 1. The van der Waals surface area contributed by atoms with E-state index >= 15 is 0 Å². The summed E-state index contributed by atoms with van der Waals surface area (Å²) in [6.45, 7) is 5.89. The first-order chi connectivity index (χ1) is 31.3. The summed E-state index contributed by atoms with van der Waals surface area (Å²) >= 11 is 0. The van der Waals surface area contributed by atoms with Crippen molar-refractivity contribution in [3.05, 3.63) is 95.1 Å². The van der Waals surface area contributed by atoms with Gasteiger partial charge in [0.05, 0.1) is 83.6 Å². The van der Waals surface area contributed by atoms with Crippen LogP contribution in [0.15, 0.2) is 72.8 Å². The van der Waals surface area contributed by atoms with Crippen LogP contribution in [0.3, 0.4) is 0 Å². The molecule has 0 aromatic heterocycles. The molecule has 1 aliphatic rings. The van der Waals surface area contributed by atoms with E-state index in [1.165, 1.54) is 0 Å². The van der Waals surface area contributed by atoms with E-state index in [-0.39, 0.29) is 69.3 Å². The monoisotopic (exact) mass is 898 g/mol. The van der Waals surface area contributed by atoms with Gasteiger partial charge in [0.15, 0.2) is 0 Å². The molecule has 17 heteroatoms. The quantitative estimate of drug-likeness (QED) is 0.0438. The van der Waals surface area contributed by atoms with Gasteiger partial charge < -0.3 is 55.5 Å². The second-order valence-electron chi connectivity index (χ2n) is 15.8. The zero-order valence-electron chi connectivity index (χ0n) is 37.5. The van der Waals surface area contributed by atoms with E-state index in [9.17, 15) is 33.9 Å². The first kappa shape index (κ1) is 51.5. The summed E-state index contributed by atoms with van der Waals surface area (Å²) in [6, 6.07) is 22.4. The SMILES string of the molecule is CNC(Cc1ccc(NC(=O)CNC(=O)CNC(=O)CCOCCOCCOCCOCCNC(=O)CCC(=O)N2Cc3ccccc3C#Cc3ccccc32)cc1)CC(C)(C)C(=O)O. The Hall–Kier alpha value is -6.16. The fraction of sp³-hybridized carbons (Fsp3) is 0.458. The minimum Gasteiger partial charge on any atom is -0.481 e. The largest absolute Gasteiger partial charge is 0.481 e. The van der Waals surface area contributed by atoms with Crippen molar-refractivity contribution < 1.29 is 52.8 Å². The first-order valence-corrected chi connectivity index (χ1v) is 21.7. The second kappa shape index (κ2) is 27.9. The van der Waals surface area contributed by atoms with Crippen molar-refractivity contribution in [2.75, 3.05) is 89.8 Å². The zero-order valence-corrected chi connectivity index (χ0v) is 37.5. The highest BCUT2D eigenvalue weighted by atomic mass is 16.6. The van der Waals surface area contributed by atoms with E-state index in [0.717, 1.165) is 27.9 Å². The van der Waals surface area contributed by atoms with Gasteiger partial charge in [0.2, 0.25) is 29.5 Å². The third-order valence-corrected chi connectivity index (χ3v) is 10.3. The van der Waals surface area contributed by atoms with Crippen LogP contribution in [0, 0.1) is 17.3 Å². The number of fused-ring (bicyclic) bond motifs is 2. The van der Waals surface area contributed by atoms with Crippen molar-refractivity contribution >= 4 is 46.9 Å². The normalized spacial score (nSPS) is 12.3. The van der Waals surface area contributed by atoms with E-state index < -0.39 is 23.2 Å². The van der Waals surface area contributed by atoms with Crippen molar-refractivity contribution in [2.24, 2.45) is 5.41 Å². The highest BCUT2D eigenvalue weighted by Gasteiger charge is 2.30. The number of benzene rings is 3. The van der Waals surface area contributed by atoms with Gasteiger partial charge in [-0.15, -0.1) is 0 Å². The molecule has 0 fully saturated rings. The Morgan fingerprint density at radius 2 is 1.23 bits per heavy atom. The average Bonchev–Trinajstić information content (AvgIpc) is 3.29. The third kappa shape index (κ3) is 19.2. The molecular formula is C48H62N6O11. The van der Waals surface area contributed by atoms with Gasteiger partial charge in [-0.3, -0.25) is 28.8 Å². The smallest absolute Gasteiger partial charge is 0.309 e. The number of aliphatic carboxylic acids is 1. The average molecular weight is 899 g/mol. The molecule has 350 valence electrons. The molecule has 65 heavy (non-hydrogen) atoms. The number of nitrogens with one attached hydrogen (secondary N) is 5. The molecule has 1 atom stereocenters. The molecule has 17 nitrogen and oxygen atoms in total. The minimum atomic E-state index is -0.867. The first-order valence-electron chi connectivity index (χ1n) is 21.7. The van der Waals surface area contributed by atoms with Gasteiger partial charge >= 0.3 is 5.97 Å². The Kier molecular flexibility index (Phi) is 22.1. The molecule has 1 heterocycles. The molecule has 0 radical (unpaired) electrons. The lowest BCUT2D eigenvalue weighted by Gasteiger charge is -2.26. The van der Waals surface area contributed by atoms with Crippen LogP contribution in [-0.2, 0) is 60.7 Å². The molecule has 0 spiro atoms. The maximum Gasteiger partial charge on any atom is 0.309 e. The molecule has 0 bridgehead atoms. The summed E-state index contributed by atoms with van der Waals surface area (Å²) in [7, 11) is 1.79. The summed E-state index contributed by atoms with van der Waals surface area (Å²) in [5.41, 5.74) is 3.98. The van der Waals surface area contributed by atoms with Crippen molar-refractivity contribution in [2.45, 2.75) is 58.5 Å². The van der Waals surface area contributed by atoms with Crippen molar-refractivity contribution in [3.8, 4) is 11.8 Å². The third-order valence-electron chi connectivity index (χ3n) is 10.3. The Bertz CT molecular complexity index is 2100. The molecule has 4 rings (SSSR count). The zero-order chi connectivity index (χ0) is 46.9. The Morgan fingerprint density at radius 1 is 0.662 bits per heavy atom. The van der Waals surface area contributed by atoms with Crippen LogP contribution in [-0.4, -0.2) is 126 Å². The van der Waals surface area contributed by atoms with Gasteiger partial charge in [-0.2, -0.15) is 0 Å². The fourth-order valence-electron chi connectivity index (χ4n) is 6.54. The topological polar surface area (TPSA) is 223 Å². The van der Waals surface area contributed by atoms with Crippen LogP contribution in [0.5, 0.6) is 0 Å². The number of carbonyl (C=O) groups is 6. The predicted molar refractivity (Wildman–Crippen MR) is 244 cm³/mol. The molecule has 3 aromatic carbocycles. The van der Waals surface area contributed by atoms with Crippen LogP contribution in [0.25, 0.3) is 0 Å². The molecule has 3 aromatic rings. The summed E-state index contributed by atoms with van der Waals surface area (Å²) in [5.74, 6) is 3.80. The van der Waals surface area contributed by atoms with Crippen LogP contribution < -0.4 is 31.5 Å². The number of rotatable bonds is 29. The fourth-order valence-corrected chi connectivity index (χ4v) is 6.54. The van der Waals surface area contributed by atoms with Gasteiger partial charge in [-0.1, -0.05) is 54.3 Å². The Labute approximate surface area is 380 Å². The van der Waals surface area contributed by atoms with E-state index in [1.54, 1.807) is 37.9 Å². The molecule has 1 aliphatic heterocycles. The number of ether oxygens (including phenoxy) is 4. The maximum absolute atomic E-state index is 13.3. The number of hydrogen-bond acceptors (Lipinski definition) is 11. The van der Waals surface area contributed by atoms with Crippen molar-refractivity contribution in [1.29, 1.82) is 0 Å². The number of nitrogens with zero attached hydrogens (tertiary/aromatic N) is 1. The maximum atomic E-state index is 13.3. The van der Waals surface area contributed by atoms with Crippen molar-refractivity contribution in [1.82, 2.24) is 21.3 Å². The minimum absolute atomic E-state index is 0.0414. The number of likely N-dealkylation sites (N-methyl/N-ethyl adjacent to an activating group) is 1. The van der Waals surface area contributed by atoms with E-state index in [4.69, 9.17) is 18.9 Å². The molecule has 5 amide bonds. The summed E-state index contributed by atoms with van der Waals surface area (Å²) in [5, 5.41) is 23.0. The number of carbonyl (C=O) groups excluding carboxylic acids is 5. The number of carboxylic acids is 1.